The Morgan fingerprint density at radius 1 is 1.59 bits per heavy atom. The Kier molecular flexibility index (Phi) is 5.17. The molecule has 0 N–H and O–H groups in total. The highest BCUT2D eigenvalue weighted by molar-refractivity contribution is 9.10. The molecule has 0 spiro atoms. The zero-order valence-corrected chi connectivity index (χ0v) is 11.1. The molecule has 0 fully saturated rings. The maximum atomic E-state index is 13.3. The first kappa shape index (κ1) is 13.7. The van der Waals surface area contributed by atoms with Gasteiger partial charge in [-0.25, -0.2) is 4.39 Å². The van der Waals surface area contributed by atoms with E-state index in [1.54, 1.807) is 6.07 Å². The van der Waals surface area contributed by atoms with E-state index in [1.165, 1.54) is 17.0 Å². The number of terminal acetylenes is 1. The summed E-state index contributed by atoms with van der Waals surface area (Å²) in [5.74, 6) is 1.73. The number of hydrogen-bond donors (Lipinski definition) is 0. The van der Waals surface area contributed by atoms with Crippen molar-refractivity contribution in [2.24, 2.45) is 0 Å². The van der Waals surface area contributed by atoms with Crippen molar-refractivity contribution in [1.82, 2.24) is 4.90 Å². The molecule has 0 unspecified atom stereocenters. The lowest BCUT2D eigenvalue weighted by atomic mass is 10.2. The molecule has 0 saturated carbocycles. The Morgan fingerprint density at radius 3 is 2.88 bits per heavy atom. The van der Waals surface area contributed by atoms with Gasteiger partial charge in [-0.1, -0.05) is 18.9 Å². The number of hydrogen-bond acceptors (Lipinski definition) is 1. The average molecular weight is 298 g/mol. The summed E-state index contributed by atoms with van der Waals surface area (Å²) >= 11 is 3.08. The van der Waals surface area contributed by atoms with Crippen molar-refractivity contribution in [3.8, 4) is 12.3 Å². The van der Waals surface area contributed by atoms with Crippen molar-refractivity contribution in [2.75, 3.05) is 13.1 Å². The molecule has 1 aromatic rings. The largest absolute Gasteiger partial charge is 0.327 e. The first-order valence-corrected chi connectivity index (χ1v) is 6.07. The molecular formula is C13H13BrFNO. The molecule has 0 aliphatic heterocycles. The van der Waals surface area contributed by atoms with Gasteiger partial charge >= 0.3 is 0 Å². The van der Waals surface area contributed by atoms with Gasteiger partial charge in [-0.3, -0.25) is 4.79 Å². The van der Waals surface area contributed by atoms with Gasteiger partial charge in [0.1, 0.15) is 5.82 Å². The third kappa shape index (κ3) is 3.31. The van der Waals surface area contributed by atoms with Crippen molar-refractivity contribution < 1.29 is 9.18 Å². The summed E-state index contributed by atoms with van der Waals surface area (Å²) in [4.78, 5) is 13.7. The van der Waals surface area contributed by atoms with E-state index >= 15 is 0 Å². The second-order valence-corrected chi connectivity index (χ2v) is 4.33. The lowest BCUT2D eigenvalue weighted by molar-refractivity contribution is 0.0775. The summed E-state index contributed by atoms with van der Waals surface area (Å²) in [6, 6.07) is 4.38. The Labute approximate surface area is 109 Å². The van der Waals surface area contributed by atoms with Crippen LogP contribution >= 0.6 is 15.9 Å². The van der Waals surface area contributed by atoms with Crippen LogP contribution in [0, 0.1) is 18.2 Å². The second kappa shape index (κ2) is 6.41. The molecule has 1 aromatic carbocycles. The molecule has 90 valence electrons. The molecule has 0 atom stereocenters. The molecule has 0 aliphatic rings. The van der Waals surface area contributed by atoms with Crippen LogP contribution < -0.4 is 0 Å². The lowest BCUT2D eigenvalue weighted by Crippen LogP contribution is -2.32. The van der Waals surface area contributed by atoms with Gasteiger partial charge in [-0.2, -0.15) is 0 Å². The minimum atomic E-state index is -0.451. The molecule has 0 aliphatic carbocycles. The van der Waals surface area contributed by atoms with Crippen molar-refractivity contribution >= 4 is 21.8 Å². The Balaban J connectivity index is 3.01. The Hall–Kier alpha value is -1.34. The highest BCUT2D eigenvalue weighted by atomic mass is 79.9. The molecule has 4 heteroatoms. The standard InChI is InChI=1S/C13H13BrFNO/c1-3-8-16(9-4-2)13(17)10-6-5-7-11(15)12(10)14/h1,5-7H,4,8-9H2,2H3. The zero-order valence-electron chi connectivity index (χ0n) is 9.54. The fraction of sp³-hybridized carbons (Fsp3) is 0.308. The summed E-state index contributed by atoms with van der Waals surface area (Å²) in [7, 11) is 0. The van der Waals surface area contributed by atoms with Gasteiger partial charge in [0.25, 0.3) is 5.91 Å². The van der Waals surface area contributed by atoms with Gasteiger partial charge in [0, 0.05) is 6.54 Å². The monoisotopic (exact) mass is 297 g/mol. The number of rotatable bonds is 4. The van der Waals surface area contributed by atoms with Crippen LogP contribution in [0.2, 0.25) is 0 Å². The predicted octanol–water partition coefficient (Wildman–Crippen LogP) is 3.07. The summed E-state index contributed by atoms with van der Waals surface area (Å²) in [6.07, 6.45) is 6.02. The first-order valence-electron chi connectivity index (χ1n) is 5.28. The van der Waals surface area contributed by atoms with Gasteiger partial charge in [0.05, 0.1) is 16.6 Å². The lowest BCUT2D eigenvalue weighted by Gasteiger charge is -2.20. The maximum absolute atomic E-state index is 13.3. The van der Waals surface area contributed by atoms with Gasteiger partial charge in [-0.15, -0.1) is 6.42 Å². The van der Waals surface area contributed by atoms with E-state index in [0.29, 0.717) is 12.1 Å². The van der Waals surface area contributed by atoms with Crippen LogP contribution in [0.15, 0.2) is 22.7 Å². The molecule has 1 rings (SSSR count). The van der Waals surface area contributed by atoms with Crippen LogP contribution in [0.3, 0.4) is 0 Å². The minimum absolute atomic E-state index is 0.183. The van der Waals surface area contributed by atoms with Gasteiger partial charge in [0.2, 0.25) is 0 Å². The summed E-state index contributed by atoms with van der Waals surface area (Å²) in [6.45, 7) is 2.75. The topological polar surface area (TPSA) is 20.3 Å². The minimum Gasteiger partial charge on any atom is -0.327 e. The van der Waals surface area contributed by atoms with Crippen LogP contribution in [0.25, 0.3) is 0 Å². The summed E-state index contributed by atoms with van der Waals surface area (Å²) < 4.78 is 13.5. The second-order valence-electron chi connectivity index (χ2n) is 3.53. The summed E-state index contributed by atoms with van der Waals surface area (Å²) in [5.41, 5.74) is 0.300. The van der Waals surface area contributed by atoms with Crippen molar-refractivity contribution in [2.45, 2.75) is 13.3 Å². The number of benzene rings is 1. The Bertz CT molecular complexity index is 453. The molecular weight excluding hydrogens is 285 g/mol. The predicted molar refractivity (Wildman–Crippen MR) is 69.1 cm³/mol. The number of halogens is 2. The van der Waals surface area contributed by atoms with E-state index in [0.717, 1.165) is 6.42 Å². The van der Waals surface area contributed by atoms with Gasteiger partial charge < -0.3 is 4.90 Å². The van der Waals surface area contributed by atoms with Crippen LogP contribution in [-0.4, -0.2) is 23.9 Å². The Morgan fingerprint density at radius 2 is 2.29 bits per heavy atom. The van der Waals surface area contributed by atoms with E-state index in [4.69, 9.17) is 6.42 Å². The molecule has 0 heterocycles. The summed E-state index contributed by atoms with van der Waals surface area (Å²) in [5, 5.41) is 0. The van der Waals surface area contributed by atoms with E-state index in [9.17, 15) is 9.18 Å². The fourth-order valence-corrected chi connectivity index (χ4v) is 1.91. The van der Waals surface area contributed by atoms with Crippen molar-refractivity contribution in [1.29, 1.82) is 0 Å². The van der Waals surface area contributed by atoms with E-state index < -0.39 is 5.82 Å². The third-order valence-electron chi connectivity index (χ3n) is 2.24. The molecule has 1 amide bonds. The van der Waals surface area contributed by atoms with E-state index in [1.807, 2.05) is 6.92 Å². The van der Waals surface area contributed by atoms with Crippen LogP contribution in [0.5, 0.6) is 0 Å². The SMILES string of the molecule is C#CCN(CCC)C(=O)c1cccc(F)c1Br. The molecule has 17 heavy (non-hydrogen) atoms. The highest BCUT2D eigenvalue weighted by Crippen LogP contribution is 2.21. The van der Waals surface area contributed by atoms with Gasteiger partial charge in [-0.05, 0) is 34.5 Å². The number of nitrogens with zero attached hydrogens (tertiary/aromatic N) is 1. The maximum Gasteiger partial charge on any atom is 0.255 e. The van der Waals surface area contributed by atoms with E-state index in [-0.39, 0.29) is 16.9 Å². The number of carbonyl (C=O) groups is 1. The van der Waals surface area contributed by atoms with Crippen molar-refractivity contribution in [3.05, 3.63) is 34.1 Å². The molecule has 0 radical (unpaired) electrons. The average Bonchev–Trinajstić information content (AvgIpc) is 2.31. The van der Waals surface area contributed by atoms with Crippen LogP contribution in [-0.2, 0) is 0 Å². The van der Waals surface area contributed by atoms with Gasteiger partial charge in [0.15, 0.2) is 0 Å². The third-order valence-corrected chi connectivity index (χ3v) is 3.05. The smallest absolute Gasteiger partial charge is 0.255 e. The number of carbonyl (C=O) groups excluding carboxylic acids is 1. The van der Waals surface area contributed by atoms with Crippen LogP contribution in [0.4, 0.5) is 4.39 Å². The highest BCUT2D eigenvalue weighted by Gasteiger charge is 2.18. The quantitative estimate of drug-likeness (QED) is 0.782. The molecule has 0 aromatic heterocycles. The van der Waals surface area contributed by atoms with E-state index in [2.05, 4.69) is 21.9 Å². The normalized spacial score (nSPS) is 9.76. The van der Waals surface area contributed by atoms with Crippen molar-refractivity contribution in [3.63, 3.8) is 0 Å². The number of amides is 1. The first-order chi connectivity index (χ1) is 8.11. The fourth-order valence-electron chi connectivity index (χ4n) is 1.47. The van der Waals surface area contributed by atoms with Crippen LogP contribution in [0.1, 0.15) is 23.7 Å². The molecule has 2 nitrogen and oxygen atoms in total. The zero-order chi connectivity index (χ0) is 12.8. The molecule has 0 saturated heterocycles. The molecule has 0 bridgehead atoms.